The van der Waals surface area contributed by atoms with Crippen LogP contribution in [0.15, 0.2) is 39.9 Å². The number of imidazole rings is 1. The third-order valence-corrected chi connectivity index (χ3v) is 5.83. The number of aromatic amines is 1. The van der Waals surface area contributed by atoms with Gasteiger partial charge in [0.15, 0.2) is 11.2 Å². The fourth-order valence-corrected chi connectivity index (χ4v) is 4.59. The van der Waals surface area contributed by atoms with E-state index < -0.39 is 5.69 Å². The largest absolute Gasteiger partial charge is 0.342 e. The van der Waals surface area contributed by atoms with Gasteiger partial charge in [-0.15, -0.1) is 0 Å². The third kappa shape index (κ3) is 3.86. The average Bonchev–Trinajstić information content (AvgIpc) is 3.07. The molecule has 1 aromatic carbocycles. The Kier molecular flexibility index (Phi) is 5.30. The maximum atomic E-state index is 12.7. The van der Waals surface area contributed by atoms with Crippen LogP contribution in [0, 0.1) is 11.8 Å². The molecule has 1 aliphatic heterocycles. The first-order valence-electron chi connectivity index (χ1n) is 10.4. The highest BCUT2D eigenvalue weighted by Crippen LogP contribution is 2.28. The van der Waals surface area contributed by atoms with Gasteiger partial charge >= 0.3 is 5.69 Å². The number of nitrogens with one attached hydrogen (secondary N) is 1. The summed E-state index contributed by atoms with van der Waals surface area (Å²) in [4.78, 5) is 34.3. The summed E-state index contributed by atoms with van der Waals surface area (Å²) in [6.45, 7) is 7.03. The van der Waals surface area contributed by atoms with E-state index in [0.717, 1.165) is 31.9 Å². The number of piperidine rings is 1. The highest BCUT2D eigenvalue weighted by Gasteiger charge is 2.27. The first-order valence-corrected chi connectivity index (χ1v) is 10.4. The Morgan fingerprint density at radius 2 is 1.79 bits per heavy atom. The van der Waals surface area contributed by atoms with Gasteiger partial charge in [0.25, 0.3) is 5.56 Å². The minimum absolute atomic E-state index is 0.361. The number of rotatable bonds is 5. The third-order valence-electron chi connectivity index (χ3n) is 5.83. The lowest BCUT2D eigenvalue weighted by atomic mass is 9.92. The number of anilines is 1. The Bertz CT molecular complexity index is 1100. The number of fused-ring (bicyclic) bond motifs is 1. The lowest BCUT2D eigenvalue weighted by molar-refractivity contribution is 0.351. The van der Waals surface area contributed by atoms with E-state index in [-0.39, 0.29) is 5.56 Å². The molecule has 3 aromatic rings. The lowest BCUT2D eigenvalue weighted by Crippen LogP contribution is -2.40. The second-order valence-electron chi connectivity index (χ2n) is 8.49. The number of aromatic nitrogens is 4. The van der Waals surface area contributed by atoms with Gasteiger partial charge in [0, 0.05) is 26.7 Å². The zero-order chi connectivity index (χ0) is 20.5. The number of aryl methyl sites for hydroxylation is 3. The van der Waals surface area contributed by atoms with E-state index in [4.69, 9.17) is 4.98 Å². The van der Waals surface area contributed by atoms with Crippen LogP contribution >= 0.6 is 0 Å². The number of nitrogens with zero attached hydrogens (tertiary/aromatic N) is 4. The van der Waals surface area contributed by atoms with Crippen LogP contribution in [0.25, 0.3) is 11.2 Å². The average molecular weight is 396 g/mol. The van der Waals surface area contributed by atoms with Gasteiger partial charge in [-0.25, -0.2) is 4.79 Å². The van der Waals surface area contributed by atoms with E-state index in [9.17, 15) is 9.59 Å². The van der Waals surface area contributed by atoms with Crippen molar-refractivity contribution in [1.29, 1.82) is 0 Å². The molecule has 1 saturated heterocycles. The molecule has 1 N–H and O–H groups in total. The second kappa shape index (κ2) is 7.89. The lowest BCUT2D eigenvalue weighted by Gasteiger charge is -2.35. The van der Waals surface area contributed by atoms with Crippen molar-refractivity contribution < 1.29 is 0 Å². The maximum absolute atomic E-state index is 12.7. The maximum Gasteiger partial charge on any atom is 0.329 e. The van der Waals surface area contributed by atoms with Crippen LogP contribution in [0.3, 0.4) is 0 Å². The smallest absolute Gasteiger partial charge is 0.329 e. The summed E-state index contributed by atoms with van der Waals surface area (Å²) in [7, 11) is 1.66. The van der Waals surface area contributed by atoms with Crippen LogP contribution in [0.1, 0.15) is 32.3 Å². The van der Waals surface area contributed by atoms with E-state index in [2.05, 4.69) is 35.9 Å². The number of H-pyrrole nitrogens is 1. The predicted molar refractivity (Wildman–Crippen MR) is 116 cm³/mol. The fraction of sp³-hybridized carbons (Fsp3) is 0.500. The molecule has 7 nitrogen and oxygen atoms in total. The summed E-state index contributed by atoms with van der Waals surface area (Å²) in [6, 6.07) is 10.4. The van der Waals surface area contributed by atoms with E-state index in [1.54, 1.807) is 7.05 Å². The van der Waals surface area contributed by atoms with Crippen molar-refractivity contribution in [2.24, 2.45) is 18.9 Å². The van der Waals surface area contributed by atoms with Gasteiger partial charge in [0.1, 0.15) is 0 Å². The zero-order valence-corrected chi connectivity index (χ0v) is 17.4. The Hall–Kier alpha value is -2.83. The van der Waals surface area contributed by atoms with Gasteiger partial charge in [0.05, 0.1) is 0 Å². The Labute approximate surface area is 170 Å². The minimum Gasteiger partial charge on any atom is -0.342 e. The molecule has 0 amide bonds. The van der Waals surface area contributed by atoms with Crippen LogP contribution in [-0.4, -0.2) is 32.2 Å². The summed E-state index contributed by atoms with van der Waals surface area (Å²) < 4.78 is 3.45. The molecule has 0 radical (unpaired) electrons. The van der Waals surface area contributed by atoms with Gasteiger partial charge in [-0.2, -0.15) is 4.98 Å². The van der Waals surface area contributed by atoms with Crippen molar-refractivity contribution >= 4 is 17.1 Å². The number of benzene rings is 1. The first-order chi connectivity index (χ1) is 13.9. The molecule has 154 valence electrons. The van der Waals surface area contributed by atoms with Crippen LogP contribution in [0.2, 0.25) is 0 Å². The molecule has 2 aromatic heterocycles. The van der Waals surface area contributed by atoms with Crippen LogP contribution < -0.4 is 16.1 Å². The van der Waals surface area contributed by atoms with Gasteiger partial charge in [-0.3, -0.25) is 14.3 Å². The SMILES string of the molecule is C[C@H]1C[C@H](C)CN(c2nc3c(c(=O)[nH]c(=O)n3C)n2CCCc2ccccc2)C1. The Morgan fingerprint density at radius 3 is 2.48 bits per heavy atom. The van der Waals surface area contributed by atoms with Crippen molar-refractivity contribution in [3.05, 3.63) is 56.7 Å². The number of hydrogen-bond acceptors (Lipinski definition) is 4. The predicted octanol–water partition coefficient (Wildman–Crippen LogP) is 2.54. The summed E-state index contributed by atoms with van der Waals surface area (Å²) >= 11 is 0. The summed E-state index contributed by atoms with van der Waals surface area (Å²) in [5.41, 5.74) is 1.43. The fourth-order valence-electron chi connectivity index (χ4n) is 4.59. The van der Waals surface area contributed by atoms with Gasteiger partial charge in [0.2, 0.25) is 5.95 Å². The van der Waals surface area contributed by atoms with Crippen molar-refractivity contribution in [2.45, 2.75) is 39.7 Å². The molecule has 0 spiro atoms. The van der Waals surface area contributed by atoms with Crippen molar-refractivity contribution in [2.75, 3.05) is 18.0 Å². The van der Waals surface area contributed by atoms with Crippen LogP contribution in [0.4, 0.5) is 5.95 Å². The molecule has 29 heavy (non-hydrogen) atoms. The van der Waals surface area contributed by atoms with Crippen molar-refractivity contribution in [1.82, 2.24) is 19.1 Å². The van der Waals surface area contributed by atoms with Crippen LogP contribution in [-0.2, 0) is 20.0 Å². The van der Waals surface area contributed by atoms with Gasteiger partial charge in [-0.05, 0) is 36.7 Å². The zero-order valence-electron chi connectivity index (χ0n) is 17.4. The molecular weight excluding hydrogens is 366 g/mol. The molecule has 1 fully saturated rings. The highest BCUT2D eigenvalue weighted by atomic mass is 16.2. The van der Waals surface area contributed by atoms with Crippen LogP contribution in [0.5, 0.6) is 0 Å². The summed E-state index contributed by atoms with van der Waals surface area (Å²) in [6.07, 6.45) is 3.02. The molecule has 0 saturated carbocycles. The summed E-state index contributed by atoms with van der Waals surface area (Å²) in [5, 5.41) is 0. The molecule has 1 aliphatic rings. The highest BCUT2D eigenvalue weighted by molar-refractivity contribution is 5.74. The van der Waals surface area contributed by atoms with E-state index in [1.807, 2.05) is 22.8 Å². The molecule has 0 unspecified atom stereocenters. The normalized spacial score (nSPS) is 19.8. The monoisotopic (exact) mass is 395 g/mol. The molecular formula is C22H29N5O2. The second-order valence-corrected chi connectivity index (χ2v) is 8.49. The molecule has 3 heterocycles. The molecule has 0 bridgehead atoms. The van der Waals surface area contributed by atoms with Gasteiger partial charge < -0.3 is 9.47 Å². The Balaban J connectivity index is 1.74. The Morgan fingerprint density at radius 1 is 1.10 bits per heavy atom. The number of hydrogen-bond donors (Lipinski definition) is 1. The first kappa shape index (κ1) is 19.5. The standard InChI is InChI=1S/C22H29N5O2/c1-15-12-16(2)14-26(13-15)21-23-19-18(20(28)24-22(29)25(19)3)27(21)11-7-10-17-8-5-4-6-9-17/h4-6,8-9,15-16H,7,10-14H2,1-3H3,(H,24,28,29)/t15-,16-/m0/s1. The van der Waals surface area contributed by atoms with Crippen molar-refractivity contribution in [3.8, 4) is 0 Å². The quantitative estimate of drug-likeness (QED) is 0.720. The van der Waals surface area contributed by atoms with E-state index in [1.165, 1.54) is 16.6 Å². The summed E-state index contributed by atoms with van der Waals surface area (Å²) in [5.74, 6) is 1.94. The van der Waals surface area contributed by atoms with E-state index in [0.29, 0.717) is 29.5 Å². The molecule has 0 aliphatic carbocycles. The van der Waals surface area contributed by atoms with Crippen molar-refractivity contribution in [3.63, 3.8) is 0 Å². The molecule has 7 heteroatoms. The molecule has 2 atom stereocenters. The van der Waals surface area contributed by atoms with Gasteiger partial charge in [-0.1, -0.05) is 44.2 Å². The topological polar surface area (TPSA) is 75.9 Å². The molecule has 4 rings (SSSR count). The minimum atomic E-state index is -0.427. The van der Waals surface area contributed by atoms with E-state index >= 15 is 0 Å².